The Morgan fingerprint density at radius 2 is 1.59 bits per heavy atom. The number of esters is 1. The maximum absolute atomic E-state index is 12.3. The van der Waals surface area contributed by atoms with Crippen molar-refractivity contribution in [3.05, 3.63) is 35.4 Å². The van der Waals surface area contributed by atoms with E-state index in [1.54, 1.807) is 20.8 Å². The molecule has 29 heavy (non-hydrogen) atoms. The van der Waals surface area contributed by atoms with Crippen molar-refractivity contribution in [2.24, 2.45) is 0 Å². The Bertz CT molecular complexity index is 766. The van der Waals surface area contributed by atoms with Crippen molar-refractivity contribution in [2.75, 3.05) is 7.11 Å². The number of carbonyl (C=O) groups excluding carboxylic acids is 4. The number of carbonyl (C=O) groups is 4. The maximum Gasteiger partial charge on any atom is 0.450 e. The predicted octanol–water partition coefficient (Wildman–Crippen LogP) is 3.00. The van der Waals surface area contributed by atoms with Gasteiger partial charge in [-0.25, -0.2) is 9.59 Å². The number of amides is 1. The first kappa shape index (κ1) is 24.1. The van der Waals surface area contributed by atoms with Crippen LogP contribution in [0.2, 0.25) is 0 Å². The van der Waals surface area contributed by atoms with Crippen LogP contribution in [0, 0.1) is 0 Å². The van der Waals surface area contributed by atoms with Gasteiger partial charge in [0.25, 0.3) is 0 Å². The quantitative estimate of drug-likeness (QED) is 0.416. The molecule has 1 aromatic carbocycles. The molecule has 1 atom stereocenters. The van der Waals surface area contributed by atoms with Gasteiger partial charge in [-0.15, -0.1) is 0 Å². The molecular formula is C19H22F3NO6. The summed E-state index contributed by atoms with van der Waals surface area (Å²) < 4.78 is 46.5. The fourth-order valence-electron chi connectivity index (χ4n) is 2.20. The molecule has 7 nitrogen and oxygen atoms in total. The summed E-state index contributed by atoms with van der Waals surface area (Å²) in [6.07, 6.45) is -7.20. The van der Waals surface area contributed by atoms with E-state index in [4.69, 9.17) is 4.74 Å². The minimum Gasteiger partial charge on any atom is -0.467 e. The third-order valence-corrected chi connectivity index (χ3v) is 3.53. The summed E-state index contributed by atoms with van der Waals surface area (Å²) in [4.78, 5) is 46.5. The molecule has 0 saturated heterocycles. The number of alkyl halides is 3. The van der Waals surface area contributed by atoms with Gasteiger partial charge in [0, 0.05) is 12.0 Å². The Morgan fingerprint density at radius 3 is 2.03 bits per heavy atom. The zero-order chi connectivity index (χ0) is 22.4. The fourth-order valence-corrected chi connectivity index (χ4v) is 2.20. The first-order chi connectivity index (χ1) is 13.2. The molecule has 1 amide bonds. The topological polar surface area (TPSA) is 98.8 Å². The lowest BCUT2D eigenvalue weighted by atomic mass is 10.0. The molecule has 1 unspecified atom stereocenters. The molecule has 10 heteroatoms. The van der Waals surface area contributed by atoms with Crippen LogP contribution in [-0.4, -0.2) is 48.6 Å². The molecule has 1 N–H and O–H groups in total. The van der Waals surface area contributed by atoms with Crippen molar-refractivity contribution >= 4 is 23.6 Å². The van der Waals surface area contributed by atoms with Gasteiger partial charge < -0.3 is 14.8 Å². The van der Waals surface area contributed by atoms with E-state index < -0.39 is 47.9 Å². The van der Waals surface area contributed by atoms with E-state index in [1.807, 2.05) is 0 Å². The molecule has 0 spiro atoms. The zero-order valence-corrected chi connectivity index (χ0v) is 16.4. The highest BCUT2D eigenvalue weighted by molar-refractivity contribution is 6.09. The minimum atomic E-state index is -5.07. The number of ketones is 2. The van der Waals surface area contributed by atoms with Crippen LogP contribution in [0.25, 0.3) is 0 Å². The highest BCUT2D eigenvalue weighted by atomic mass is 19.4. The summed E-state index contributed by atoms with van der Waals surface area (Å²) in [6.45, 7) is 4.96. The first-order valence-electron chi connectivity index (χ1n) is 8.52. The largest absolute Gasteiger partial charge is 0.467 e. The summed E-state index contributed by atoms with van der Waals surface area (Å²) in [5, 5.41) is 2.38. The molecule has 160 valence electrons. The van der Waals surface area contributed by atoms with Gasteiger partial charge in [-0.3, -0.25) is 9.59 Å². The van der Waals surface area contributed by atoms with Gasteiger partial charge >= 0.3 is 18.2 Å². The molecule has 0 bridgehead atoms. The molecule has 0 fully saturated rings. The van der Waals surface area contributed by atoms with Crippen molar-refractivity contribution in [2.45, 2.75) is 51.4 Å². The Kier molecular flexibility index (Phi) is 7.93. The van der Waals surface area contributed by atoms with Gasteiger partial charge in [-0.05, 0) is 26.3 Å². The number of hydrogen-bond donors (Lipinski definition) is 1. The average Bonchev–Trinajstić information content (AvgIpc) is 2.58. The van der Waals surface area contributed by atoms with Crippen molar-refractivity contribution in [1.82, 2.24) is 5.32 Å². The van der Waals surface area contributed by atoms with E-state index in [9.17, 15) is 32.3 Å². The molecule has 0 aromatic heterocycles. The third kappa shape index (κ3) is 8.32. The molecular weight excluding hydrogens is 395 g/mol. The van der Waals surface area contributed by atoms with E-state index in [-0.39, 0.29) is 12.0 Å². The molecule has 0 aliphatic heterocycles. The highest BCUT2D eigenvalue weighted by Crippen LogP contribution is 2.19. The number of Topliss-reactive ketones (excluding diaryl/α,β-unsaturated/α-hetero) is 2. The summed E-state index contributed by atoms with van der Waals surface area (Å²) in [5.41, 5.74) is -0.364. The lowest BCUT2D eigenvalue weighted by Crippen LogP contribution is -2.45. The van der Waals surface area contributed by atoms with Gasteiger partial charge in [0.2, 0.25) is 5.78 Å². The SMILES string of the molecule is COC(=O)C(Cc1ccc(C(=O)CC(=O)C(F)(F)F)cc1)NC(=O)OC(C)(C)C. The third-order valence-electron chi connectivity index (χ3n) is 3.53. The number of alkyl carbamates (subject to hydrolysis) is 1. The van der Waals surface area contributed by atoms with Crippen molar-refractivity contribution in [3.8, 4) is 0 Å². The molecule has 1 rings (SSSR count). The second kappa shape index (κ2) is 9.53. The lowest BCUT2D eigenvalue weighted by molar-refractivity contribution is -0.170. The van der Waals surface area contributed by atoms with E-state index in [2.05, 4.69) is 10.1 Å². The van der Waals surface area contributed by atoms with Gasteiger partial charge in [0.15, 0.2) is 5.78 Å². The smallest absolute Gasteiger partial charge is 0.450 e. The van der Waals surface area contributed by atoms with E-state index >= 15 is 0 Å². The van der Waals surface area contributed by atoms with Crippen LogP contribution in [0.4, 0.5) is 18.0 Å². The predicted molar refractivity (Wildman–Crippen MR) is 95.3 cm³/mol. The number of rotatable bonds is 7. The number of methoxy groups -OCH3 is 1. The monoisotopic (exact) mass is 417 g/mol. The normalized spacial score (nSPS) is 12.7. The Hall–Kier alpha value is -2.91. The molecule has 1 aromatic rings. The first-order valence-corrected chi connectivity index (χ1v) is 8.52. The van der Waals surface area contributed by atoms with Crippen LogP contribution in [0.15, 0.2) is 24.3 Å². The van der Waals surface area contributed by atoms with Crippen LogP contribution < -0.4 is 5.32 Å². The number of nitrogens with one attached hydrogen (secondary N) is 1. The van der Waals surface area contributed by atoms with Crippen molar-refractivity contribution < 1.29 is 41.8 Å². The number of hydrogen-bond acceptors (Lipinski definition) is 6. The molecule has 0 aliphatic rings. The highest BCUT2D eigenvalue weighted by Gasteiger charge is 2.39. The van der Waals surface area contributed by atoms with Gasteiger partial charge in [0.05, 0.1) is 13.5 Å². The molecule has 0 heterocycles. The van der Waals surface area contributed by atoms with Crippen LogP contribution in [0.5, 0.6) is 0 Å². The molecule has 0 saturated carbocycles. The lowest BCUT2D eigenvalue weighted by Gasteiger charge is -2.22. The summed E-state index contributed by atoms with van der Waals surface area (Å²) in [5.74, 6) is -3.83. The van der Waals surface area contributed by atoms with Crippen molar-refractivity contribution in [1.29, 1.82) is 0 Å². The van der Waals surface area contributed by atoms with E-state index in [0.29, 0.717) is 5.56 Å². The van der Waals surface area contributed by atoms with Crippen LogP contribution in [0.1, 0.15) is 43.1 Å². The molecule has 0 radical (unpaired) electrons. The van der Waals surface area contributed by atoms with Crippen LogP contribution in [0.3, 0.4) is 0 Å². The maximum atomic E-state index is 12.3. The summed E-state index contributed by atoms with van der Waals surface area (Å²) >= 11 is 0. The van der Waals surface area contributed by atoms with E-state index in [1.165, 1.54) is 24.3 Å². The number of ether oxygens (including phenoxy) is 2. The number of halogens is 3. The fraction of sp³-hybridized carbons (Fsp3) is 0.474. The standard InChI is InChI=1S/C19H22F3NO6/c1-18(2,3)29-17(27)23-13(16(26)28-4)9-11-5-7-12(8-6-11)14(24)10-15(25)19(20,21)22/h5-8,13H,9-10H2,1-4H3,(H,23,27). The minimum absolute atomic E-state index is 0.0120. The van der Waals surface area contributed by atoms with Gasteiger partial charge in [0.1, 0.15) is 11.6 Å². The summed E-state index contributed by atoms with van der Waals surface area (Å²) in [7, 11) is 1.14. The zero-order valence-electron chi connectivity index (χ0n) is 16.4. The Labute approximate surface area is 165 Å². The number of benzene rings is 1. The van der Waals surface area contributed by atoms with E-state index in [0.717, 1.165) is 7.11 Å². The summed E-state index contributed by atoms with van der Waals surface area (Å²) in [6, 6.07) is 4.20. The second-order valence-corrected chi connectivity index (χ2v) is 7.14. The Balaban J connectivity index is 2.83. The second-order valence-electron chi connectivity index (χ2n) is 7.14. The Morgan fingerprint density at radius 1 is 1.03 bits per heavy atom. The van der Waals surface area contributed by atoms with Gasteiger partial charge in [-0.2, -0.15) is 13.2 Å². The van der Waals surface area contributed by atoms with Crippen LogP contribution in [-0.2, 0) is 25.5 Å². The van der Waals surface area contributed by atoms with Gasteiger partial charge in [-0.1, -0.05) is 24.3 Å². The molecule has 0 aliphatic carbocycles. The van der Waals surface area contributed by atoms with Crippen molar-refractivity contribution in [3.63, 3.8) is 0 Å². The average molecular weight is 417 g/mol. The van der Waals surface area contributed by atoms with Crippen LogP contribution >= 0.6 is 0 Å².